The highest BCUT2D eigenvalue weighted by Gasteiger charge is 2.32. The molecule has 3 N–H and O–H groups in total. The van der Waals surface area contributed by atoms with Crippen LogP contribution < -0.4 is 10.5 Å². The minimum Gasteiger partial charge on any atom is -0.353 e. The lowest BCUT2D eigenvalue weighted by molar-refractivity contribution is -0.141. The zero-order valence-corrected chi connectivity index (χ0v) is 9.22. The van der Waals surface area contributed by atoms with Crippen LogP contribution in [0.3, 0.4) is 0 Å². The summed E-state index contributed by atoms with van der Waals surface area (Å²) in [5.74, 6) is -0.726. The molecule has 1 heterocycles. The summed E-state index contributed by atoms with van der Waals surface area (Å²) in [5.41, 5.74) is -1.11. The summed E-state index contributed by atoms with van der Waals surface area (Å²) in [6.07, 6.45) is -3.64. The summed E-state index contributed by atoms with van der Waals surface area (Å²) in [6, 6.07) is 0.713. The van der Waals surface area contributed by atoms with Crippen LogP contribution in [0.4, 0.5) is 19.1 Å². The van der Waals surface area contributed by atoms with E-state index in [9.17, 15) is 21.6 Å². The predicted molar refractivity (Wildman–Crippen MR) is 53.5 cm³/mol. The van der Waals surface area contributed by atoms with Gasteiger partial charge in [-0.05, 0) is 6.07 Å². The fourth-order valence-corrected chi connectivity index (χ4v) is 1.29. The van der Waals surface area contributed by atoms with Crippen molar-refractivity contribution in [3.05, 3.63) is 18.0 Å². The molecule has 6 nitrogen and oxygen atoms in total. The molecule has 0 unspecified atom stereocenters. The number of alkyl halides is 3. The van der Waals surface area contributed by atoms with Crippen molar-refractivity contribution in [1.82, 2.24) is 9.97 Å². The fourth-order valence-electron chi connectivity index (χ4n) is 0.907. The Kier molecular flexibility index (Phi) is 3.88. The SMILES string of the molecule is NS(=O)(=O)CCNc1nccc(C(F)(F)F)n1. The van der Waals surface area contributed by atoms with E-state index in [1.54, 1.807) is 0 Å². The summed E-state index contributed by atoms with van der Waals surface area (Å²) < 4.78 is 57.9. The van der Waals surface area contributed by atoms with Gasteiger partial charge in [-0.25, -0.2) is 23.5 Å². The molecule has 1 aromatic heterocycles. The van der Waals surface area contributed by atoms with E-state index in [2.05, 4.69) is 15.3 Å². The van der Waals surface area contributed by atoms with Gasteiger partial charge in [0.25, 0.3) is 0 Å². The molecule has 0 atom stereocenters. The minimum absolute atomic E-state index is 0.167. The number of hydrogen-bond acceptors (Lipinski definition) is 5. The van der Waals surface area contributed by atoms with Gasteiger partial charge in [0.05, 0.1) is 5.75 Å². The van der Waals surface area contributed by atoms with E-state index in [-0.39, 0.29) is 12.5 Å². The normalized spacial score (nSPS) is 12.5. The number of rotatable bonds is 4. The molecule has 96 valence electrons. The Morgan fingerprint density at radius 2 is 2.06 bits per heavy atom. The molecule has 0 saturated carbocycles. The molecule has 0 amide bonds. The number of nitrogens with one attached hydrogen (secondary N) is 1. The van der Waals surface area contributed by atoms with E-state index in [0.717, 1.165) is 6.20 Å². The molecule has 0 aliphatic heterocycles. The summed E-state index contributed by atoms with van der Waals surface area (Å²) >= 11 is 0. The van der Waals surface area contributed by atoms with Gasteiger partial charge < -0.3 is 5.32 Å². The molecule has 1 aromatic rings. The highest BCUT2D eigenvalue weighted by Crippen LogP contribution is 2.27. The number of aromatic nitrogens is 2. The van der Waals surface area contributed by atoms with E-state index in [1.807, 2.05) is 0 Å². The maximum Gasteiger partial charge on any atom is 0.433 e. The van der Waals surface area contributed by atoms with Crippen molar-refractivity contribution in [2.45, 2.75) is 6.18 Å². The number of sulfonamides is 1. The van der Waals surface area contributed by atoms with Crippen molar-refractivity contribution < 1.29 is 21.6 Å². The number of nitrogens with zero attached hydrogens (tertiary/aromatic N) is 2. The molecule has 0 spiro atoms. The number of primary sulfonamides is 1. The van der Waals surface area contributed by atoms with Gasteiger partial charge in [0, 0.05) is 12.7 Å². The van der Waals surface area contributed by atoms with Gasteiger partial charge in [0.15, 0.2) is 0 Å². The van der Waals surface area contributed by atoms with Crippen LogP contribution in [-0.4, -0.2) is 30.7 Å². The first-order valence-corrected chi connectivity index (χ1v) is 6.04. The number of anilines is 1. The first kappa shape index (κ1) is 13.6. The number of hydrogen-bond donors (Lipinski definition) is 2. The van der Waals surface area contributed by atoms with Crippen LogP contribution in [0.25, 0.3) is 0 Å². The third kappa shape index (κ3) is 4.95. The second-order valence-electron chi connectivity index (χ2n) is 3.06. The van der Waals surface area contributed by atoms with Gasteiger partial charge >= 0.3 is 6.18 Å². The highest BCUT2D eigenvalue weighted by atomic mass is 32.2. The van der Waals surface area contributed by atoms with E-state index in [1.165, 1.54) is 0 Å². The molecule has 0 saturated heterocycles. The third-order valence-corrected chi connectivity index (χ3v) is 2.39. The maximum absolute atomic E-state index is 12.2. The van der Waals surface area contributed by atoms with Crippen LogP contribution in [-0.2, 0) is 16.2 Å². The zero-order chi connectivity index (χ0) is 13.1. The molecule has 0 aliphatic rings. The van der Waals surface area contributed by atoms with Crippen molar-refractivity contribution in [3.63, 3.8) is 0 Å². The molecule has 1 rings (SSSR count). The van der Waals surface area contributed by atoms with Crippen LogP contribution in [0.5, 0.6) is 0 Å². The summed E-state index contributed by atoms with van der Waals surface area (Å²) in [7, 11) is -3.67. The molecule has 0 fully saturated rings. The van der Waals surface area contributed by atoms with Gasteiger partial charge in [-0.3, -0.25) is 0 Å². The predicted octanol–water partition coefficient (Wildman–Crippen LogP) is 0.196. The molecule has 0 bridgehead atoms. The van der Waals surface area contributed by atoms with Crippen LogP contribution in [0.15, 0.2) is 12.3 Å². The lowest BCUT2D eigenvalue weighted by Crippen LogP contribution is -2.23. The Bertz CT molecular complexity index is 488. The van der Waals surface area contributed by atoms with E-state index < -0.39 is 27.6 Å². The Morgan fingerprint density at radius 3 is 2.59 bits per heavy atom. The Hall–Kier alpha value is -1.42. The van der Waals surface area contributed by atoms with Crippen molar-refractivity contribution in [1.29, 1.82) is 0 Å². The van der Waals surface area contributed by atoms with Crippen molar-refractivity contribution in [3.8, 4) is 0 Å². The largest absolute Gasteiger partial charge is 0.433 e. The standard InChI is InChI=1S/C7H9F3N4O2S/c8-7(9,10)5-1-2-12-6(14-5)13-3-4-17(11,15)16/h1-2H,3-4H2,(H2,11,15,16)(H,12,13,14). The fraction of sp³-hybridized carbons (Fsp3) is 0.429. The van der Waals surface area contributed by atoms with Crippen molar-refractivity contribution in [2.24, 2.45) is 5.14 Å². The second-order valence-corrected chi connectivity index (χ2v) is 4.79. The van der Waals surface area contributed by atoms with Gasteiger partial charge in [-0.1, -0.05) is 0 Å². The quantitative estimate of drug-likeness (QED) is 0.814. The smallest absolute Gasteiger partial charge is 0.353 e. The van der Waals surface area contributed by atoms with Crippen LogP contribution in [0, 0.1) is 0 Å². The van der Waals surface area contributed by atoms with E-state index in [4.69, 9.17) is 5.14 Å². The summed E-state index contributed by atoms with van der Waals surface area (Å²) in [6.45, 7) is -0.167. The lowest BCUT2D eigenvalue weighted by Gasteiger charge is -2.07. The van der Waals surface area contributed by atoms with Crippen LogP contribution >= 0.6 is 0 Å². The Labute approximate surface area is 95.1 Å². The van der Waals surface area contributed by atoms with Crippen molar-refractivity contribution in [2.75, 3.05) is 17.6 Å². The average Bonchev–Trinajstić information content (AvgIpc) is 2.15. The lowest BCUT2D eigenvalue weighted by atomic mass is 10.4. The summed E-state index contributed by atoms with van der Waals surface area (Å²) in [5, 5.41) is 7.04. The molecular weight excluding hydrogens is 261 g/mol. The first-order valence-electron chi connectivity index (χ1n) is 4.33. The molecular formula is C7H9F3N4O2S. The molecule has 10 heteroatoms. The molecule has 0 radical (unpaired) electrons. The maximum atomic E-state index is 12.2. The Morgan fingerprint density at radius 1 is 1.41 bits per heavy atom. The third-order valence-electron chi connectivity index (χ3n) is 1.62. The monoisotopic (exact) mass is 270 g/mol. The van der Waals surface area contributed by atoms with Gasteiger partial charge in [-0.15, -0.1) is 0 Å². The van der Waals surface area contributed by atoms with E-state index >= 15 is 0 Å². The number of halogens is 3. The van der Waals surface area contributed by atoms with Gasteiger partial charge in [-0.2, -0.15) is 13.2 Å². The minimum atomic E-state index is -4.57. The first-order chi connectivity index (χ1) is 7.68. The topological polar surface area (TPSA) is 98.0 Å². The van der Waals surface area contributed by atoms with Crippen LogP contribution in [0.2, 0.25) is 0 Å². The highest BCUT2D eigenvalue weighted by molar-refractivity contribution is 7.89. The molecule has 17 heavy (non-hydrogen) atoms. The zero-order valence-electron chi connectivity index (χ0n) is 8.40. The number of nitrogens with two attached hydrogens (primary N) is 1. The van der Waals surface area contributed by atoms with Crippen LogP contribution in [0.1, 0.15) is 5.69 Å². The van der Waals surface area contributed by atoms with Gasteiger partial charge in [0.2, 0.25) is 16.0 Å². The molecule has 0 aliphatic carbocycles. The summed E-state index contributed by atoms with van der Waals surface area (Å²) in [4.78, 5) is 6.70. The second kappa shape index (κ2) is 4.84. The molecule has 0 aromatic carbocycles. The van der Waals surface area contributed by atoms with E-state index in [0.29, 0.717) is 6.07 Å². The van der Waals surface area contributed by atoms with Crippen molar-refractivity contribution >= 4 is 16.0 Å². The van der Waals surface area contributed by atoms with Gasteiger partial charge in [0.1, 0.15) is 5.69 Å². The average molecular weight is 270 g/mol. The Balaban J connectivity index is 2.67.